The molecule has 0 bridgehead atoms. The third kappa shape index (κ3) is 11.7. The van der Waals surface area contributed by atoms with Crippen LogP contribution in [-0.2, 0) is 6.42 Å². The largest absolute Gasteiger partial charge is 0.269 e. The lowest BCUT2D eigenvalue weighted by molar-refractivity contribution is 0.605. The highest BCUT2D eigenvalue weighted by atomic mass is 32.2. The Morgan fingerprint density at radius 2 is 1.38 bits per heavy atom. The van der Waals surface area contributed by atoms with Crippen molar-refractivity contribution in [3.63, 3.8) is 0 Å². The van der Waals surface area contributed by atoms with Gasteiger partial charge in [0, 0.05) is 4.90 Å². The van der Waals surface area contributed by atoms with Gasteiger partial charge in [-0.25, -0.2) is 0 Å². The van der Waals surface area contributed by atoms with Crippen molar-refractivity contribution in [2.24, 2.45) is 0 Å². The molecule has 2 aromatic carbocycles. The molecule has 0 saturated heterocycles. The van der Waals surface area contributed by atoms with Crippen LogP contribution in [-0.4, -0.2) is 0 Å². The van der Waals surface area contributed by atoms with E-state index in [0.29, 0.717) is 5.92 Å². The molecule has 0 nitrogen and oxygen atoms in total. The molecule has 1 unspecified atom stereocenters. The molecule has 184 valence electrons. The molecule has 1 aliphatic carbocycles. The fourth-order valence-electron chi connectivity index (χ4n) is 3.91. The Hall–Kier alpha value is -1.82. The van der Waals surface area contributed by atoms with E-state index in [0.717, 1.165) is 0 Å². The van der Waals surface area contributed by atoms with Crippen LogP contribution in [0.2, 0.25) is 0 Å². The summed E-state index contributed by atoms with van der Waals surface area (Å²) < 4.78 is 0. The van der Waals surface area contributed by atoms with Crippen LogP contribution in [0.5, 0.6) is 0 Å². The molecule has 32 heavy (non-hydrogen) atoms. The van der Waals surface area contributed by atoms with E-state index < -0.39 is 0 Å². The van der Waals surface area contributed by atoms with Gasteiger partial charge in [-0.05, 0) is 66.2 Å². The number of benzene rings is 2. The molecule has 0 radical (unpaired) electrons. The van der Waals surface area contributed by atoms with E-state index in [9.17, 15) is 0 Å². The van der Waals surface area contributed by atoms with Gasteiger partial charge in [0.25, 0.3) is 0 Å². The molecule has 1 aliphatic rings. The zero-order chi connectivity index (χ0) is 18.7. The molecule has 6 heteroatoms. The third-order valence-corrected chi connectivity index (χ3v) is 6.77. The predicted molar refractivity (Wildman–Crippen MR) is 133 cm³/mol. The smallest absolute Gasteiger partial charge is 0.0118 e. The van der Waals surface area contributed by atoms with Crippen LogP contribution in [0.4, 0.5) is 23.5 Å². The second kappa shape index (κ2) is 19.8. The zero-order valence-corrected chi connectivity index (χ0v) is 19.7. The van der Waals surface area contributed by atoms with Crippen LogP contribution in [0.15, 0.2) is 70.5 Å². The molecular formula is C26H39F5S. The van der Waals surface area contributed by atoms with Crippen LogP contribution >= 0.6 is 11.8 Å². The van der Waals surface area contributed by atoms with Crippen molar-refractivity contribution in [1.29, 1.82) is 0 Å². The first-order chi connectivity index (χ1) is 13.3. The number of thioether (sulfide) groups is 1. The number of aryl methyl sites for hydroxylation is 1. The minimum Gasteiger partial charge on any atom is -0.269 e. The first-order valence-electron chi connectivity index (χ1n) is 10.9. The molecule has 2 aromatic rings. The van der Waals surface area contributed by atoms with E-state index in [-0.39, 0.29) is 23.5 Å². The number of hydrogen-bond acceptors (Lipinski definition) is 1. The average Bonchev–Trinajstić information content (AvgIpc) is 2.72. The molecule has 0 saturated carbocycles. The first kappa shape index (κ1) is 34.8. The predicted octanol–water partition coefficient (Wildman–Crippen LogP) is 9.30. The number of rotatable bonds is 10. The summed E-state index contributed by atoms with van der Waals surface area (Å²) >= 11 is 1.94. The number of hydrogen-bond donors (Lipinski definition) is 0. The highest BCUT2D eigenvalue weighted by Crippen LogP contribution is 2.39. The molecule has 0 spiro atoms. The minimum absolute atomic E-state index is 0. The maximum atomic E-state index is 2.47. The summed E-state index contributed by atoms with van der Waals surface area (Å²) in [5.41, 5.74) is 3.04. The van der Waals surface area contributed by atoms with E-state index >= 15 is 0 Å². The van der Waals surface area contributed by atoms with E-state index in [1.165, 1.54) is 85.1 Å². The lowest BCUT2D eigenvalue weighted by Crippen LogP contribution is -2.03. The van der Waals surface area contributed by atoms with Crippen LogP contribution in [0.1, 0.15) is 81.8 Å². The van der Waals surface area contributed by atoms with Gasteiger partial charge in [0.2, 0.25) is 0 Å². The number of unbranched alkanes of at least 4 members (excludes halogenated alkanes) is 5. The summed E-state index contributed by atoms with van der Waals surface area (Å²) in [6, 6.07) is 20.3. The van der Waals surface area contributed by atoms with E-state index in [4.69, 9.17) is 0 Å². The quantitative estimate of drug-likeness (QED) is 0.242. The Kier molecular flexibility index (Phi) is 21.6. The zero-order valence-electron chi connectivity index (χ0n) is 18.9. The standard InChI is InChI=1S/C26H34S.5FH/c1-2-3-4-5-6-8-11-22-14-16-23(17-15-22)24-18-20-26(21-19-24)27-25-12-9-7-10-13-25;;;;;/h7,9-10,12-17,20,24H,2-6,8,11,18-19,21H2,1H3;5*1H. The Balaban J connectivity index is -0.00000168. The van der Waals surface area contributed by atoms with E-state index in [1.54, 1.807) is 0 Å². The molecule has 0 fully saturated rings. The topological polar surface area (TPSA) is 0 Å². The van der Waals surface area contributed by atoms with Crippen molar-refractivity contribution in [2.75, 3.05) is 0 Å². The second-order valence-corrected chi connectivity index (χ2v) is 9.02. The second-order valence-electron chi connectivity index (χ2n) is 7.82. The molecule has 1 atom stereocenters. The maximum Gasteiger partial charge on any atom is 0.0118 e. The van der Waals surface area contributed by atoms with Crippen molar-refractivity contribution >= 4 is 11.8 Å². The van der Waals surface area contributed by atoms with Gasteiger partial charge in [0.1, 0.15) is 0 Å². The molecule has 0 amide bonds. The Morgan fingerprint density at radius 3 is 1.97 bits per heavy atom. The van der Waals surface area contributed by atoms with Gasteiger partial charge >= 0.3 is 0 Å². The first-order valence-corrected chi connectivity index (χ1v) is 11.7. The molecule has 0 heterocycles. The maximum absolute atomic E-state index is 2.47. The minimum atomic E-state index is 0. The summed E-state index contributed by atoms with van der Waals surface area (Å²) in [4.78, 5) is 2.90. The molecule has 0 aromatic heterocycles. The van der Waals surface area contributed by atoms with E-state index in [2.05, 4.69) is 67.6 Å². The van der Waals surface area contributed by atoms with E-state index in [1.807, 2.05) is 11.8 Å². The lowest BCUT2D eigenvalue weighted by atomic mass is 9.87. The van der Waals surface area contributed by atoms with Gasteiger partial charge in [0.05, 0.1) is 0 Å². The summed E-state index contributed by atoms with van der Waals surface area (Å²) in [6.45, 7) is 2.28. The normalized spacial score (nSPS) is 14.3. The highest BCUT2D eigenvalue weighted by Gasteiger charge is 2.16. The fourth-order valence-corrected chi connectivity index (χ4v) is 4.91. The van der Waals surface area contributed by atoms with Crippen molar-refractivity contribution < 1.29 is 23.5 Å². The third-order valence-electron chi connectivity index (χ3n) is 5.63. The fraction of sp³-hybridized carbons (Fsp3) is 0.462. The van der Waals surface area contributed by atoms with Crippen LogP contribution in [0, 0.1) is 0 Å². The van der Waals surface area contributed by atoms with Crippen LogP contribution < -0.4 is 0 Å². The summed E-state index contributed by atoms with van der Waals surface area (Å²) in [6.07, 6.45) is 15.7. The van der Waals surface area contributed by atoms with Gasteiger partial charge in [0.15, 0.2) is 0 Å². The monoisotopic (exact) mass is 478 g/mol. The Labute approximate surface area is 194 Å². The van der Waals surface area contributed by atoms with Gasteiger partial charge in [-0.2, -0.15) is 0 Å². The van der Waals surface area contributed by atoms with Crippen LogP contribution in [0.25, 0.3) is 0 Å². The Morgan fingerprint density at radius 1 is 0.750 bits per heavy atom. The van der Waals surface area contributed by atoms with Gasteiger partial charge in [-0.3, -0.25) is 23.5 Å². The van der Waals surface area contributed by atoms with Crippen molar-refractivity contribution in [3.8, 4) is 0 Å². The summed E-state index contributed by atoms with van der Waals surface area (Å²) in [5, 5.41) is 0. The SMILES string of the molecule is CCCCCCCCc1ccc(C2CC=C(Sc3ccccc3)CC2)cc1.F.F.F.F.F. The van der Waals surface area contributed by atoms with Crippen molar-refractivity contribution in [3.05, 3.63) is 76.7 Å². The van der Waals surface area contributed by atoms with Crippen LogP contribution in [0.3, 0.4) is 0 Å². The molecule has 3 rings (SSSR count). The molecular weight excluding hydrogens is 439 g/mol. The lowest BCUT2D eigenvalue weighted by Gasteiger charge is -2.22. The van der Waals surface area contributed by atoms with Crippen molar-refractivity contribution in [2.45, 2.75) is 81.9 Å². The summed E-state index contributed by atoms with van der Waals surface area (Å²) in [5.74, 6) is 0.702. The molecule has 0 N–H and O–H groups in total. The Bertz CT molecular complexity index is 704. The number of allylic oxidation sites excluding steroid dienone is 2. The molecule has 0 aliphatic heterocycles. The highest BCUT2D eigenvalue weighted by molar-refractivity contribution is 8.03. The van der Waals surface area contributed by atoms with Gasteiger partial charge < -0.3 is 0 Å². The average molecular weight is 479 g/mol. The summed E-state index contributed by atoms with van der Waals surface area (Å²) in [7, 11) is 0. The van der Waals surface area contributed by atoms with Gasteiger partial charge in [-0.15, -0.1) is 0 Å². The number of halogens is 5. The van der Waals surface area contributed by atoms with Gasteiger partial charge in [-0.1, -0.05) is 99.3 Å². The van der Waals surface area contributed by atoms with Crippen molar-refractivity contribution in [1.82, 2.24) is 0 Å².